The Labute approximate surface area is 197 Å². The van der Waals surface area contributed by atoms with Gasteiger partial charge in [0.05, 0.1) is 17.7 Å². The zero-order chi connectivity index (χ0) is 24.9. The molecule has 0 amide bonds. The molecule has 0 aliphatic carbocycles. The van der Waals surface area contributed by atoms with Crippen LogP contribution in [0.2, 0.25) is 0 Å². The first kappa shape index (κ1) is 24.9. The van der Waals surface area contributed by atoms with E-state index in [1.807, 2.05) is 20.8 Å². The molecule has 3 rings (SSSR count). The molecule has 176 valence electrons. The molecule has 0 unspecified atom stereocenters. The lowest BCUT2D eigenvalue weighted by Gasteiger charge is -2.24. The Kier molecular flexibility index (Phi) is 7.36. The lowest BCUT2D eigenvalue weighted by molar-refractivity contribution is -0.137. The Morgan fingerprint density at radius 1 is 0.853 bits per heavy atom. The molecule has 34 heavy (non-hydrogen) atoms. The van der Waals surface area contributed by atoms with Crippen LogP contribution in [-0.2, 0) is 16.3 Å². The highest BCUT2D eigenvalue weighted by atomic mass is 19.4. The Balaban J connectivity index is 1.76. The highest BCUT2D eigenvalue weighted by molar-refractivity contribution is 5.89. The molecule has 0 N–H and O–H groups in total. The van der Waals surface area contributed by atoms with Gasteiger partial charge in [-0.05, 0) is 79.1 Å². The number of rotatable bonds is 4. The first-order chi connectivity index (χ1) is 16.0. The number of alkyl halides is 3. The van der Waals surface area contributed by atoms with Crippen molar-refractivity contribution in [1.82, 2.24) is 0 Å². The SMILES string of the molecule is CCOC(=O)c1ccc(C#Cc2ccc(Oc3ccc(C(F)(F)F)cc3C(C)(C)C)cc2)cc1. The van der Waals surface area contributed by atoms with Crippen LogP contribution in [0.15, 0.2) is 66.7 Å². The summed E-state index contributed by atoms with van der Waals surface area (Å²) < 4.78 is 50.4. The summed E-state index contributed by atoms with van der Waals surface area (Å²) in [5, 5.41) is 0. The molecule has 3 aromatic rings. The Bertz CT molecular complexity index is 1210. The fourth-order valence-corrected chi connectivity index (χ4v) is 3.16. The third kappa shape index (κ3) is 6.41. The van der Waals surface area contributed by atoms with Crippen molar-refractivity contribution in [2.24, 2.45) is 0 Å². The van der Waals surface area contributed by atoms with Crippen molar-refractivity contribution in [1.29, 1.82) is 0 Å². The molecule has 0 aliphatic heterocycles. The Morgan fingerprint density at radius 2 is 1.41 bits per heavy atom. The van der Waals surface area contributed by atoms with Gasteiger partial charge in [0, 0.05) is 16.7 Å². The first-order valence-electron chi connectivity index (χ1n) is 10.8. The predicted molar refractivity (Wildman–Crippen MR) is 125 cm³/mol. The summed E-state index contributed by atoms with van der Waals surface area (Å²) in [6.07, 6.45) is -4.42. The normalized spacial score (nSPS) is 11.4. The average molecular weight is 466 g/mol. The third-order valence-electron chi connectivity index (χ3n) is 4.94. The van der Waals surface area contributed by atoms with Gasteiger partial charge in [-0.3, -0.25) is 0 Å². The minimum atomic E-state index is -4.42. The van der Waals surface area contributed by atoms with Crippen LogP contribution in [0.4, 0.5) is 13.2 Å². The van der Waals surface area contributed by atoms with Gasteiger partial charge in [0.2, 0.25) is 0 Å². The van der Waals surface area contributed by atoms with E-state index in [0.29, 0.717) is 29.2 Å². The molecule has 0 bridgehead atoms. The summed E-state index contributed by atoms with van der Waals surface area (Å²) in [6, 6.07) is 17.3. The fraction of sp³-hybridized carbons (Fsp3) is 0.250. The zero-order valence-corrected chi connectivity index (χ0v) is 19.4. The van der Waals surface area contributed by atoms with Gasteiger partial charge in [-0.1, -0.05) is 32.6 Å². The molecule has 0 radical (unpaired) electrons. The second-order valence-corrected chi connectivity index (χ2v) is 8.63. The average Bonchev–Trinajstić information content (AvgIpc) is 2.78. The molecule has 3 nitrogen and oxygen atoms in total. The topological polar surface area (TPSA) is 35.5 Å². The van der Waals surface area contributed by atoms with Gasteiger partial charge < -0.3 is 9.47 Å². The van der Waals surface area contributed by atoms with Crippen molar-refractivity contribution in [2.45, 2.75) is 39.3 Å². The summed E-state index contributed by atoms with van der Waals surface area (Å²) in [7, 11) is 0. The lowest BCUT2D eigenvalue weighted by Crippen LogP contribution is -2.15. The minimum Gasteiger partial charge on any atom is -0.462 e. The van der Waals surface area contributed by atoms with Gasteiger partial charge in [0.1, 0.15) is 11.5 Å². The fourth-order valence-electron chi connectivity index (χ4n) is 3.16. The number of carbonyl (C=O) groups excluding carboxylic acids is 1. The van der Waals surface area contributed by atoms with Gasteiger partial charge in [-0.2, -0.15) is 13.2 Å². The van der Waals surface area contributed by atoms with Crippen LogP contribution >= 0.6 is 0 Å². The van der Waals surface area contributed by atoms with E-state index in [-0.39, 0.29) is 5.97 Å². The van der Waals surface area contributed by atoms with E-state index in [2.05, 4.69) is 11.8 Å². The van der Waals surface area contributed by atoms with Crippen LogP contribution in [0, 0.1) is 11.8 Å². The number of carbonyl (C=O) groups is 1. The first-order valence-corrected chi connectivity index (χ1v) is 10.8. The molecular weight excluding hydrogens is 441 g/mol. The van der Waals surface area contributed by atoms with Crippen molar-refractivity contribution in [3.8, 4) is 23.3 Å². The van der Waals surface area contributed by atoms with Crippen molar-refractivity contribution in [2.75, 3.05) is 6.61 Å². The zero-order valence-electron chi connectivity index (χ0n) is 19.4. The second-order valence-electron chi connectivity index (χ2n) is 8.63. The standard InChI is InChI=1S/C28H25F3O3/c1-5-33-26(32)21-12-8-19(9-13-21)6-7-20-10-15-23(16-11-20)34-25-17-14-22(28(29,30)31)18-24(25)27(2,3)4/h8-18H,5H2,1-4H3. The van der Waals surface area contributed by atoms with Crippen LogP contribution in [0.25, 0.3) is 0 Å². The van der Waals surface area contributed by atoms with E-state index >= 15 is 0 Å². The number of hydrogen-bond donors (Lipinski definition) is 0. The highest BCUT2D eigenvalue weighted by Gasteiger charge is 2.33. The number of benzene rings is 3. The van der Waals surface area contributed by atoms with E-state index in [9.17, 15) is 18.0 Å². The number of halogens is 3. The molecule has 0 aliphatic rings. The van der Waals surface area contributed by atoms with Gasteiger partial charge in [-0.15, -0.1) is 0 Å². The molecule has 0 saturated heterocycles. The molecule has 0 spiro atoms. The van der Waals surface area contributed by atoms with E-state index < -0.39 is 17.2 Å². The van der Waals surface area contributed by atoms with Gasteiger partial charge in [0.15, 0.2) is 0 Å². The van der Waals surface area contributed by atoms with E-state index in [4.69, 9.17) is 9.47 Å². The molecule has 0 aromatic heterocycles. The maximum atomic E-state index is 13.2. The maximum absolute atomic E-state index is 13.2. The minimum absolute atomic E-state index is 0.316. The summed E-state index contributed by atoms with van der Waals surface area (Å²) in [5.74, 6) is 6.56. The van der Waals surface area contributed by atoms with Crippen molar-refractivity contribution >= 4 is 5.97 Å². The molecule has 0 atom stereocenters. The molecule has 6 heteroatoms. The number of ether oxygens (including phenoxy) is 2. The van der Waals surface area contributed by atoms with Crippen LogP contribution in [-0.4, -0.2) is 12.6 Å². The Morgan fingerprint density at radius 3 is 1.91 bits per heavy atom. The monoisotopic (exact) mass is 466 g/mol. The molecule has 0 heterocycles. The largest absolute Gasteiger partial charge is 0.462 e. The number of hydrogen-bond acceptors (Lipinski definition) is 3. The van der Waals surface area contributed by atoms with Crippen LogP contribution < -0.4 is 4.74 Å². The number of esters is 1. The molecule has 3 aromatic carbocycles. The maximum Gasteiger partial charge on any atom is 0.416 e. The summed E-state index contributed by atoms with van der Waals surface area (Å²) >= 11 is 0. The quantitative estimate of drug-likeness (QED) is 0.297. The second kappa shape index (κ2) is 10.0. The van der Waals surface area contributed by atoms with Crippen LogP contribution in [0.1, 0.15) is 60.3 Å². The van der Waals surface area contributed by atoms with Gasteiger partial charge in [0.25, 0.3) is 0 Å². The van der Waals surface area contributed by atoms with Gasteiger partial charge >= 0.3 is 12.1 Å². The highest BCUT2D eigenvalue weighted by Crippen LogP contribution is 2.39. The van der Waals surface area contributed by atoms with Crippen molar-refractivity contribution < 1.29 is 27.4 Å². The van der Waals surface area contributed by atoms with E-state index in [1.54, 1.807) is 55.5 Å². The molecule has 0 fully saturated rings. The smallest absolute Gasteiger partial charge is 0.416 e. The van der Waals surface area contributed by atoms with Crippen LogP contribution in [0.3, 0.4) is 0 Å². The van der Waals surface area contributed by atoms with Gasteiger partial charge in [-0.25, -0.2) is 4.79 Å². The van der Waals surface area contributed by atoms with E-state index in [1.165, 1.54) is 6.07 Å². The predicted octanol–water partition coefficient (Wildman–Crippen LogP) is 7.37. The summed E-state index contributed by atoms with van der Waals surface area (Å²) in [6.45, 7) is 7.59. The lowest BCUT2D eigenvalue weighted by atomic mass is 9.85. The van der Waals surface area contributed by atoms with Crippen molar-refractivity contribution in [3.63, 3.8) is 0 Å². The summed E-state index contributed by atoms with van der Waals surface area (Å²) in [5.41, 5.74) is 1.18. The van der Waals surface area contributed by atoms with E-state index in [0.717, 1.165) is 23.3 Å². The molecule has 0 saturated carbocycles. The summed E-state index contributed by atoms with van der Waals surface area (Å²) in [4.78, 5) is 11.7. The molecular formula is C28H25F3O3. The Hall–Kier alpha value is -3.72. The third-order valence-corrected chi connectivity index (χ3v) is 4.94. The van der Waals surface area contributed by atoms with Crippen molar-refractivity contribution in [3.05, 3.63) is 94.5 Å². The van der Waals surface area contributed by atoms with Crippen LogP contribution in [0.5, 0.6) is 11.5 Å².